The van der Waals surface area contributed by atoms with Crippen LogP contribution in [0.15, 0.2) is 171 Å². The molecule has 2 aromatic carbocycles. The number of nitrogens with one attached hydrogen (secondary N) is 6. The molecular weight excluding hydrogens is 1130 g/mol. The van der Waals surface area contributed by atoms with Gasteiger partial charge >= 0.3 is 51.2 Å². The van der Waals surface area contributed by atoms with Gasteiger partial charge in [-0.05, 0) is 50.7 Å². The summed E-state index contributed by atoms with van der Waals surface area (Å²) >= 11 is 0. The number of rotatable bonds is 12. The number of H-pyrrole nitrogens is 6. The van der Waals surface area contributed by atoms with Gasteiger partial charge in [-0.15, -0.1) is 11.5 Å². The van der Waals surface area contributed by atoms with Gasteiger partial charge in [0.2, 0.25) is 0 Å². The molecule has 8 rings (SSSR count). The molecule has 0 aliphatic rings. The zero-order valence-electron chi connectivity index (χ0n) is 40.0. The molecule has 0 saturated heterocycles. The molecule has 8 aromatic rings. The fraction of sp³-hybridized carbons (Fsp3) is 0.217. The van der Waals surface area contributed by atoms with Crippen LogP contribution < -0.4 is 30.6 Å². The van der Waals surface area contributed by atoms with Crippen molar-refractivity contribution in [2.24, 2.45) is 9.98 Å². The van der Waals surface area contributed by atoms with Gasteiger partial charge in [-0.2, -0.15) is 0 Å². The van der Waals surface area contributed by atoms with Crippen molar-refractivity contribution in [1.29, 1.82) is 0 Å². The topological polar surface area (TPSA) is 444 Å². The van der Waals surface area contributed by atoms with Gasteiger partial charge in [-0.25, -0.2) is 29.9 Å². The molecule has 0 saturated carbocycles. The molecule has 0 fully saturated rings. The van der Waals surface area contributed by atoms with E-state index in [0.29, 0.717) is 0 Å². The Morgan fingerprint density at radius 2 is 0.707 bits per heavy atom. The third kappa shape index (κ3) is 52.1. The number of hydrogen-bond donors (Lipinski definition) is 8. The minimum Gasteiger partial charge on any atom is -0.872 e. The van der Waals surface area contributed by atoms with Crippen LogP contribution in [0.2, 0.25) is 0 Å². The molecular formula is C46H56Cu3N14O12. The molecule has 3 radical (unpaired) electrons. The van der Waals surface area contributed by atoms with E-state index < -0.39 is 48.8 Å². The first-order valence-electron chi connectivity index (χ1n) is 21.0. The van der Waals surface area contributed by atoms with Crippen molar-refractivity contribution in [3.05, 3.63) is 172 Å². The van der Waals surface area contributed by atoms with Crippen molar-refractivity contribution in [3.63, 3.8) is 0 Å². The molecule has 0 bridgehead atoms. The fourth-order valence-corrected chi connectivity index (χ4v) is 3.82. The number of benzene rings is 2. The number of aliphatic imine (C=N–C) groups is 2. The number of para-hydroxylation sites is 2. The molecule has 26 nitrogen and oxygen atoms in total. The molecule has 0 unspecified atom stereocenters. The maximum absolute atomic E-state index is 11.3. The predicted molar refractivity (Wildman–Crippen MR) is 250 cm³/mol. The maximum Gasteiger partial charge on any atom is 2.00 e. The van der Waals surface area contributed by atoms with Gasteiger partial charge in [-0.3, -0.25) is 9.98 Å². The van der Waals surface area contributed by atoms with Crippen molar-refractivity contribution >= 4 is 36.3 Å². The Bertz CT molecular complexity index is 2010. The summed E-state index contributed by atoms with van der Waals surface area (Å²) in [7, 11) is 0. The Hall–Kier alpha value is -8.00. The Morgan fingerprint density at radius 3 is 0.853 bits per heavy atom. The van der Waals surface area contributed by atoms with E-state index in [2.05, 4.69) is 69.8 Å². The average molecular weight is 1190 g/mol. The number of aromatic amines is 6. The van der Waals surface area contributed by atoms with E-state index >= 15 is 0 Å². The first-order chi connectivity index (χ1) is 34.8. The van der Waals surface area contributed by atoms with E-state index in [1.807, 2.05) is 0 Å². The molecule has 2 atom stereocenters. The summed E-state index contributed by atoms with van der Waals surface area (Å²) in [6, 6.07) is 9.31. The van der Waals surface area contributed by atoms with E-state index in [1.165, 1.54) is 24.3 Å². The zero-order chi connectivity index (χ0) is 53.7. The molecule has 29 heteroatoms. The molecule has 8 N–H and O–H groups in total. The third-order valence-electron chi connectivity index (χ3n) is 6.85. The summed E-state index contributed by atoms with van der Waals surface area (Å²) in [5.74, 6) is -6.29. The largest absolute Gasteiger partial charge is 2.00 e. The number of imidazole rings is 6. The van der Waals surface area contributed by atoms with Crippen LogP contribution in [0.3, 0.4) is 0 Å². The first kappa shape index (κ1) is 75.9. The second-order valence-electron chi connectivity index (χ2n) is 12.3. The van der Waals surface area contributed by atoms with E-state index in [1.54, 1.807) is 150 Å². The monoisotopic (exact) mass is 1190 g/mol. The number of nitrogens with zero attached hydrogens (tertiary/aromatic N) is 8. The number of aliphatic hydroxyl groups is 2. The summed E-state index contributed by atoms with van der Waals surface area (Å²) in [4.78, 5) is 87.7. The maximum atomic E-state index is 11.3. The Labute approximate surface area is 463 Å². The molecule has 75 heavy (non-hydrogen) atoms. The van der Waals surface area contributed by atoms with E-state index in [-0.39, 0.29) is 99.9 Å². The molecule has 0 amide bonds. The minimum atomic E-state index is -1.49. The number of carboxylic acids is 4. The van der Waals surface area contributed by atoms with Crippen molar-refractivity contribution in [2.75, 3.05) is 13.2 Å². The second kappa shape index (κ2) is 56.9. The summed E-state index contributed by atoms with van der Waals surface area (Å²) in [5, 5.41) is 79.6. The summed E-state index contributed by atoms with van der Waals surface area (Å²) in [6.45, 7) is 3.86. The number of aliphatic carboxylic acids is 4. The Balaban J connectivity index is -0.000000260. The van der Waals surface area contributed by atoms with Gasteiger partial charge in [0.1, 0.15) is 0 Å². The van der Waals surface area contributed by atoms with Crippen LogP contribution in [-0.2, 0) is 70.4 Å². The molecule has 6 heterocycles. The van der Waals surface area contributed by atoms with E-state index in [9.17, 15) is 49.8 Å². The van der Waals surface area contributed by atoms with Crippen molar-refractivity contribution < 1.29 is 111 Å². The minimum absolute atomic E-state index is 0. The molecule has 0 aliphatic carbocycles. The second-order valence-corrected chi connectivity index (χ2v) is 12.3. The summed E-state index contributed by atoms with van der Waals surface area (Å²) < 4.78 is 0. The normalized spacial score (nSPS) is 9.65. The van der Waals surface area contributed by atoms with Crippen LogP contribution in [0.25, 0.3) is 0 Å². The molecule has 415 valence electrons. The molecule has 0 spiro atoms. The quantitative estimate of drug-likeness (QED) is 0.0489. The standard InChI is InChI=1S/2C12H13NO5.6C3H4N2.2C2H6O.3Cu/c2*14-10-4-2-1-3-8(10)7-13-9(12(17)18)5-6-11(15)16;6*1-2-5-3-4-1;2*1-2-3;;;/h2*1-4,7,9,14H,5-6H2,(H,15,16)(H,17,18);6*1-3H,(H,4,5);2*3H,2H2,1H3;;;/q;;;;;;;;;;3*+2/p-6/t2*9-;;;;;;;;;;;/m10.........../s1. The van der Waals surface area contributed by atoms with Crippen molar-refractivity contribution in [3.8, 4) is 11.5 Å². The van der Waals surface area contributed by atoms with Gasteiger partial charge in [-0.1, -0.05) is 48.5 Å². The van der Waals surface area contributed by atoms with Gasteiger partial charge in [0.25, 0.3) is 0 Å². The third-order valence-corrected chi connectivity index (χ3v) is 6.85. The van der Waals surface area contributed by atoms with Crippen molar-refractivity contribution in [2.45, 2.75) is 51.6 Å². The SMILES string of the molecule is CCO.CCO.O=C([O-])CC[C@@H](N=Cc1ccccc1[O-])C(=O)[O-].O=C([O-])CC[C@H](N=Cc1ccccc1[O-])C(=O)[O-].[Cu+2].[Cu+2].[Cu+2].c1c[nH]cn1.c1c[nH]cn1.c1c[nH]cn1.c1c[nH]cn1.c1c[nH]cn1.c1c[nH]cn1. The molecule has 0 aliphatic heterocycles. The van der Waals surface area contributed by atoms with Crippen molar-refractivity contribution in [1.82, 2.24) is 59.8 Å². The first-order valence-corrected chi connectivity index (χ1v) is 21.0. The van der Waals surface area contributed by atoms with Gasteiger partial charge < -0.3 is 89.9 Å². The number of carbonyl (C=O) groups is 4. The van der Waals surface area contributed by atoms with Gasteiger partial charge in [0.05, 0.1) is 62.0 Å². The number of aliphatic hydroxyl groups excluding tert-OH is 2. The summed E-state index contributed by atoms with van der Waals surface area (Å²) in [5.41, 5.74) is 0.467. The van der Waals surface area contributed by atoms with Gasteiger partial charge in [0, 0.05) is 112 Å². The number of hydrogen-bond acceptors (Lipinski definition) is 20. The summed E-state index contributed by atoms with van der Waals surface area (Å²) in [6.07, 6.45) is 31.4. The van der Waals surface area contributed by atoms with Gasteiger partial charge in [0.15, 0.2) is 0 Å². The van der Waals surface area contributed by atoms with Crippen LogP contribution >= 0.6 is 0 Å². The van der Waals surface area contributed by atoms with Crippen LogP contribution in [0.4, 0.5) is 0 Å². The van der Waals surface area contributed by atoms with E-state index in [0.717, 1.165) is 12.4 Å². The molecule has 6 aromatic heterocycles. The number of carboxylic acid groups (broad SMARTS) is 4. The Morgan fingerprint density at radius 1 is 0.480 bits per heavy atom. The zero-order valence-corrected chi connectivity index (χ0v) is 42.8. The van der Waals surface area contributed by atoms with E-state index in [4.69, 9.17) is 10.2 Å². The number of carbonyl (C=O) groups excluding carboxylic acids is 4. The average Bonchev–Trinajstić information content (AvgIpc) is 4.23. The predicted octanol–water partition coefficient (Wildman–Crippen LogP) is -1.90. The number of aromatic nitrogens is 12. The Kier molecular flexibility index (Phi) is 57.6. The fourth-order valence-electron chi connectivity index (χ4n) is 3.82. The van der Waals surface area contributed by atoms with Crippen LogP contribution in [0.1, 0.15) is 50.7 Å². The van der Waals surface area contributed by atoms with Crippen LogP contribution in [-0.4, -0.2) is 132 Å². The smallest absolute Gasteiger partial charge is 0.872 e. The van der Waals surface area contributed by atoms with Crippen LogP contribution in [0.5, 0.6) is 11.5 Å². The van der Waals surface area contributed by atoms with Crippen LogP contribution in [0, 0.1) is 0 Å².